The number of imidazole rings is 1. The first-order valence-electron chi connectivity index (χ1n) is 11.7. The molecule has 1 amide bonds. The molecular formula is C27H27N5O3. The number of piperidine rings is 1. The zero-order valence-corrected chi connectivity index (χ0v) is 19.6. The van der Waals surface area contributed by atoms with Gasteiger partial charge < -0.3 is 18.9 Å². The van der Waals surface area contributed by atoms with Crippen molar-refractivity contribution < 1.29 is 14.3 Å². The number of ether oxygens (including phenoxy) is 2. The molecule has 0 spiro atoms. The van der Waals surface area contributed by atoms with Crippen LogP contribution in [0, 0.1) is 0 Å². The maximum absolute atomic E-state index is 13.6. The molecule has 1 atom stereocenters. The zero-order valence-electron chi connectivity index (χ0n) is 19.6. The third-order valence-corrected chi connectivity index (χ3v) is 6.22. The summed E-state index contributed by atoms with van der Waals surface area (Å²) in [6, 6.07) is 15.1. The van der Waals surface area contributed by atoms with Crippen molar-refractivity contribution in [3.63, 3.8) is 0 Å². The van der Waals surface area contributed by atoms with E-state index in [1.165, 1.54) is 0 Å². The standard InChI is InChI=1S/C27H27N5O3/c1-34-22-8-10-23(11-9-22)35-26-25(29-12-13-30-26)21-6-4-15-32(18-21)27(33)24-7-3-2-5-20(24)17-31-16-14-28-19-31/h2-3,5,7-14,16,19,21H,4,6,15,17-18H2,1H3. The quantitative estimate of drug-likeness (QED) is 0.395. The minimum Gasteiger partial charge on any atom is -0.497 e. The summed E-state index contributed by atoms with van der Waals surface area (Å²) < 4.78 is 13.3. The largest absolute Gasteiger partial charge is 0.497 e. The van der Waals surface area contributed by atoms with Gasteiger partial charge >= 0.3 is 0 Å². The van der Waals surface area contributed by atoms with E-state index in [1.54, 1.807) is 32.0 Å². The summed E-state index contributed by atoms with van der Waals surface area (Å²) >= 11 is 0. The van der Waals surface area contributed by atoms with E-state index in [0.29, 0.717) is 31.3 Å². The molecule has 0 bridgehead atoms. The Balaban J connectivity index is 1.34. The lowest BCUT2D eigenvalue weighted by molar-refractivity contribution is 0.0703. The summed E-state index contributed by atoms with van der Waals surface area (Å²) in [7, 11) is 1.63. The lowest BCUT2D eigenvalue weighted by Crippen LogP contribution is -2.39. The highest BCUT2D eigenvalue weighted by molar-refractivity contribution is 5.95. The number of likely N-dealkylation sites (tertiary alicyclic amines) is 1. The van der Waals surface area contributed by atoms with Crippen molar-refractivity contribution in [1.29, 1.82) is 0 Å². The van der Waals surface area contributed by atoms with Gasteiger partial charge in [-0.15, -0.1) is 0 Å². The SMILES string of the molecule is COc1ccc(Oc2nccnc2C2CCCN(C(=O)c3ccccc3Cn3ccnc3)C2)cc1. The number of amides is 1. The molecule has 1 saturated heterocycles. The van der Waals surface area contributed by atoms with Gasteiger partial charge in [-0.2, -0.15) is 0 Å². The second kappa shape index (κ2) is 10.4. The van der Waals surface area contributed by atoms with Crippen molar-refractivity contribution in [2.45, 2.75) is 25.3 Å². The predicted octanol–water partition coefficient (Wildman–Crippen LogP) is 4.54. The van der Waals surface area contributed by atoms with Crippen molar-refractivity contribution in [3.05, 3.63) is 96.5 Å². The molecule has 1 unspecified atom stereocenters. The molecule has 1 aliphatic rings. The van der Waals surface area contributed by atoms with Crippen LogP contribution in [0.15, 0.2) is 79.6 Å². The Hall–Kier alpha value is -4.20. The first-order valence-corrected chi connectivity index (χ1v) is 11.7. The van der Waals surface area contributed by atoms with Gasteiger partial charge in [0.05, 0.1) is 13.4 Å². The first kappa shape index (κ1) is 22.6. The van der Waals surface area contributed by atoms with Crippen LogP contribution in [0.1, 0.15) is 40.4 Å². The van der Waals surface area contributed by atoms with Gasteiger partial charge in [0.15, 0.2) is 0 Å². The molecule has 0 aliphatic carbocycles. The van der Waals surface area contributed by atoms with Gasteiger partial charge in [-0.05, 0) is 48.7 Å². The summed E-state index contributed by atoms with van der Waals surface area (Å²) in [5.74, 6) is 1.95. The fraction of sp³-hybridized carbons (Fsp3) is 0.259. The average Bonchev–Trinajstić information content (AvgIpc) is 3.43. The Labute approximate surface area is 204 Å². The van der Waals surface area contributed by atoms with E-state index in [1.807, 2.05) is 64.2 Å². The molecule has 5 rings (SSSR count). The van der Waals surface area contributed by atoms with E-state index in [4.69, 9.17) is 9.47 Å². The number of carbonyl (C=O) groups excluding carboxylic acids is 1. The number of aromatic nitrogens is 4. The maximum Gasteiger partial charge on any atom is 0.254 e. The van der Waals surface area contributed by atoms with E-state index < -0.39 is 0 Å². The van der Waals surface area contributed by atoms with E-state index >= 15 is 0 Å². The van der Waals surface area contributed by atoms with Crippen LogP contribution in [0.4, 0.5) is 0 Å². The second-order valence-electron chi connectivity index (χ2n) is 8.51. The van der Waals surface area contributed by atoms with Crippen LogP contribution >= 0.6 is 0 Å². The average molecular weight is 470 g/mol. The monoisotopic (exact) mass is 469 g/mol. The lowest BCUT2D eigenvalue weighted by atomic mass is 9.93. The van der Waals surface area contributed by atoms with Gasteiger partial charge in [-0.3, -0.25) is 9.78 Å². The molecule has 4 aromatic rings. The molecule has 0 saturated carbocycles. The molecule has 1 aliphatic heterocycles. The fourth-order valence-corrected chi connectivity index (χ4v) is 4.45. The van der Waals surface area contributed by atoms with Crippen LogP contribution in [-0.2, 0) is 6.54 Å². The molecule has 0 N–H and O–H groups in total. The van der Waals surface area contributed by atoms with Crippen molar-refractivity contribution in [1.82, 2.24) is 24.4 Å². The normalized spacial score (nSPS) is 15.6. The van der Waals surface area contributed by atoms with Crippen molar-refractivity contribution in [3.8, 4) is 17.4 Å². The molecule has 1 fully saturated rings. The smallest absolute Gasteiger partial charge is 0.254 e. The van der Waals surface area contributed by atoms with Crippen LogP contribution in [0.25, 0.3) is 0 Å². The third kappa shape index (κ3) is 5.16. The van der Waals surface area contributed by atoms with Crippen molar-refractivity contribution >= 4 is 5.91 Å². The van der Waals surface area contributed by atoms with E-state index in [2.05, 4.69) is 15.0 Å². The topological polar surface area (TPSA) is 82.4 Å². The molecule has 0 radical (unpaired) electrons. The summed E-state index contributed by atoms with van der Waals surface area (Å²) in [6.45, 7) is 1.88. The highest BCUT2D eigenvalue weighted by Crippen LogP contribution is 2.33. The predicted molar refractivity (Wildman–Crippen MR) is 131 cm³/mol. The molecular weight excluding hydrogens is 442 g/mol. The molecule has 35 heavy (non-hydrogen) atoms. The van der Waals surface area contributed by atoms with Crippen LogP contribution in [0.5, 0.6) is 17.4 Å². The Morgan fingerprint density at radius 3 is 2.63 bits per heavy atom. The molecule has 2 aromatic carbocycles. The molecule has 178 valence electrons. The Bertz CT molecular complexity index is 1270. The molecule has 2 aromatic heterocycles. The van der Waals surface area contributed by atoms with E-state index in [0.717, 1.165) is 35.4 Å². The van der Waals surface area contributed by atoms with Gasteiger partial charge in [0.25, 0.3) is 5.91 Å². The van der Waals surface area contributed by atoms with Crippen LogP contribution < -0.4 is 9.47 Å². The summed E-state index contributed by atoms with van der Waals surface area (Å²) in [5.41, 5.74) is 2.46. The van der Waals surface area contributed by atoms with E-state index in [-0.39, 0.29) is 11.8 Å². The highest BCUT2D eigenvalue weighted by Gasteiger charge is 2.29. The number of methoxy groups -OCH3 is 1. The Morgan fingerprint density at radius 1 is 1.03 bits per heavy atom. The number of hydrogen-bond donors (Lipinski definition) is 0. The zero-order chi connectivity index (χ0) is 24.0. The van der Waals surface area contributed by atoms with Crippen molar-refractivity contribution in [2.75, 3.05) is 20.2 Å². The minimum absolute atomic E-state index is 0.0342. The van der Waals surface area contributed by atoms with Gasteiger partial charge in [-0.1, -0.05) is 18.2 Å². The molecule has 3 heterocycles. The van der Waals surface area contributed by atoms with Crippen molar-refractivity contribution in [2.24, 2.45) is 0 Å². The molecule has 8 heteroatoms. The molecule has 8 nitrogen and oxygen atoms in total. The number of hydrogen-bond acceptors (Lipinski definition) is 6. The van der Waals surface area contributed by atoms with Crippen LogP contribution in [0.2, 0.25) is 0 Å². The third-order valence-electron chi connectivity index (χ3n) is 6.22. The lowest BCUT2D eigenvalue weighted by Gasteiger charge is -2.33. The van der Waals surface area contributed by atoms with Gasteiger partial charge in [0, 0.05) is 55.9 Å². The van der Waals surface area contributed by atoms with Crippen LogP contribution in [0.3, 0.4) is 0 Å². The van der Waals surface area contributed by atoms with Gasteiger partial charge in [-0.25, -0.2) is 9.97 Å². The van der Waals surface area contributed by atoms with E-state index in [9.17, 15) is 4.79 Å². The van der Waals surface area contributed by atoms with Crippen LogP contribution in [-0.4, -0.2) is 50.5 Å². The van der Waals surface area contributed by atoms with Gasteiger partial charge in [0.1, 0.15) is 17.2 Å². The first-order chi connectivity index (χ1) is 17.2. The maximum atomic E-state index is 13.6. The Morgan fingerprint density at radius 2 is 1.83 bits per heavy atom. The number of benzene rings is 2. The summed E-state index contributed by atoms with van der Waals surface area (Å²) in [6.07, 6.45) is 10.5. The minimum atomic E-state index is 0.0342. The fourth-order valence-electron chi connectivity index (χ4n) is 4.45. The highest BCUT2D eigenvalue weighted by atomic mass is 16.5. The van der Waals surface area contributed by atoms with Gasteiger partial charge in [0.2, 0.25) is 5.88 Å². The summed E-state index contributed by atoms with van der Waals surface area (Å²) in [5, 5.41) is 0. The second-order valence-corrected chi connectivity index (χ2v) is 8.51. The number of rotatable bonds is 7. The summed E-state index contributed by atoms with van der Waals surface area (Å²) in [4.78, 5) is 28.7. The number of nitrogens with zero attached hydrogens (tertiary/aromatic N) is 5. The Kier molecular flexibility index (Phi) is 6.70. The number of carbonyl (C=O) groups is 1.